The summed E-state index contributed by atoms with van der Waals surface area (Å²) in [6.45, 7) is 10.7. The van der Waals surface area contributed by atoms with E-state index in [-0.39, 0.29) is 24.0 Å². The van der Waals surface area contributed by atoms with Gasteiger partial charge in [-0.3, -0.25) is 9.89 Å². The Labute approximate surface area is 168 Å². The van der Waals surface area contributed by atoms with Crippen LogP contribution in [0.2, 0.25) is 0 Å². The van der Waals surface area contributed by atoms with Crippen molar-refractivity contribution in [2.24, 2.45) is 4.99 Å². The van der Waals surface area contributed by atoms with Gasteiger partial charge in [0.25, 0.3) is 0 Å². The molecule has 0 aromatic heterocycles. The molecule has 2 heterocycles. The molecule has 2 aliphatic heterocycles. The van der Waals surface area contributed by atoms with E-state index in [4.69, 9.17) is 9.47 Å². The van der Waals surface area contributed by atoms with Crippen molar-refractivity contribution in [3.8, 4) is 0 Å². The van der Waals surface area contributed by atoms with Gasteiger partial charge < -0.3 is 25.2 Å². The highest BCUT2D eigenvalue weighted by Crippen LogP contribution is 2.14. The highest BCUT2D eigenvalue weighted by Gasteiger charge is 2.25. The number of halogens is 1. The van der Waals surface area contributed by atoms with E-state index in [0.29, 0.717) is 19.2 Å². The maximum Gasteiger partial charge on any atom is 0.191 e. The molecule has 25 heavy (non-hydrogen) atoms. The maximum absolute atomic E-state index is 10.6. The van der Waals surface area contributed by atoms with Gasteiger partial charge in [-0.15, -0.1) is 24.0 Å². The quantitative estimate of drug-likeness (QED) is 0.277. The number of morpholine rings is 1. The molecular weight excluding hydrogens is 435 g/mol. The second-order valence-corrected chi connectivity index (χ2v) is 6.93. The third-order valence-corrected chi connectivity index (χ3v) is 4.37. The van der Waals surface area contributed by atoms with Gasteiger partial charge in [0, 0.05) is 39.3 Å². The van der Waals surface area contributed by atoms with Crippen molar-refractivity contribution < 1.29 is 14.6 Å². The lowest BCUT2D eigenvalue weighted by Gasteiger charge is -2.33. The molecule has 0 bridgehead atoms. The Morgan fingerprint density at radius 3 is 2.68 bits per heavy atom. The first-order valence-corrected chi connectivity index (χ1v) is 9.25. The normalized spacial score (nSPS) is 24.4. The molecule has 2 fully saturated rings. The van der Waals surface area contributed by atoms with Crippen LogP contribution in [0.15, 0.2) is 4.99 Å². The van der Waals surface area contributed by atoms with E-state index in [1.165, 1.54) is 6.42 Å². The summed E-state index contributed by atoms with van der Waals surface area (Å²) in [7, 11) is 0. The van der Waals surface area contributed by atoms with E-state index in [1.54, 1.807) is 0 Å². The minimum absolute atomic E-state index is 0. The number of nitrogens with zero attached hydrogens (tertiary/aromatic N) is 2. The number of hydrogen-bond acceptors (Lipinski definition) is 5. The molecule has 2 aliphatic rings. The molecule has 2 atom stereocenters. The fourth-order valence-corrected chi connectivity index (χ4v) is 3.11. The largest absolute Gasteiger partial charge is 0.387 e. The van der Waals surface area contributed by atoms with Crippen molar-refractivity contribution in [3.63, 3.8) is 0 Å². The molecule has 2 unspecified atom stereocenters. The third-order valence-electron chi connectivity index (χ3n) is 4.37. The summed E-state index contributed by atoms with van der Waals surface area (Å²) in [6, 6.07) is 0. The summed E-state index contributed by atoms with van der Waals surface area (Å²) in [6.07, 6.45) is 3.70. The predicted molar refractivity (Wildman–Crippen MR) is 111 cm³/mol. The van der Waals surface area contributed by atoms with Crippen molar-refractivity contribution >= 4 is 29.9 Å². The van der Waals surface area contributed by atoms with Crippen LogP contribution < -0.4 is 10.6 Å². The highest BCUT2D eigenvalue weighted by atomic mass is 127. The maximum atomic E-state index is 10.6. The Morgan fingerprint density at radius 2 is 2.04 bits per heavy atom. The molecule has 148 valence electrons. The second-order valence-electron chi connectivity index (χ2n) is 6.93. The van der Waals surface area contributed by atoms with Crippen molar-refractivity contribution in [2.45, 2.75) is 44.8 Å². The van der Waals surface area contributed by atoms with Gasteiger partial charge in [0.2, 0.25) is 0 Å². The number of guanidine groups is 1. The van der Waals surface area contributed by atoms with Crippen LogP contribution in [-0.4, -0.2) is 86.8 Å². The van der Waals surface area contributed by atoms with Gasteiger partial charge in [0.1, 0.15) is 0 Å². The average Bonchev–Trinajstić information content (AvgIpc) is 3.06. The van der Waals surface area contributed by atoms with Gasteiger partial charge >= 0.3 is 0 Å². The second kappa shape index (κ2) is 12.3. The number of nitrogens with one attached hydrogen (secondary N) is 2. The van der Waals surface area contributed by atoms with Gasteiger partial charge in [0.05, 0.1) is 31.5 Å². The first-order chi connectivity index (χ1) is 11.6. The van der Waals surface area contributed by atoms with Gasteiger partial charge in [-0.05, 0) is 33.1 Å². The lowest BCUT2D eigenvalue weighted by molar-refractivity contribution is -0.0180. The molecule has 8 heteroatoms. The molecular formula is C17H35IN4O3. The number of β-amino-alcohol motifs (C(OH)–C–C–N with tert-alkyl or cyclic N) is 1. The molecule has 0 saturated carbocycles. The van der Waals surface area contributed by atoms with Crippen molar-refractivity contribution in [1.82, 2.24) is 15.5 Å². The molecule has 0 aromatic carbocycles. The van der Waals surface area contributed by atoms with E-state index < -0.39 is 5.60 Å². The number of ether oxygens (including phenoxy) is 2. The lowest BCUT2D eigenvalue weighted by atomic mass is 10.1. The van der Waals surface area contributed by atoms with E-state index in [2.05, 4.69) is 20.5 Å². The summed E-state index contributed by atoms with van der Waals surface area (Å²) in [4.78, 5) is 6.79. The van der Waals surface area contributed by atoms with E-state index in [0.717, 1.165) is 64.8 Å². The van der Waals surface area contributed by atoms with E-state index in [1.807, 2.05) is 13.8 Å². The Bertz CT molecular complexity index is 384. The van der Waals surface area contributed by atoms with Crippen molar-refractivity contribution in [1.29, 1.82) is 0 Å². The lowest BCUT2D eigenvalue weighted by Crippen LogP contribution is -2.48. The zero-order chi connectivity index (χ0) is 17.3. The molecule has 7 nitrogen and oxygen atoms in total. The van der Waals surface area contributed by atoms with Crippen LogP contribution in [0.1, 0.15) is 33.1 Å². The van der Waals surface area contributed by atoms with Crippen molar-refractivity contribution in [3.05, 3.63) is 0 Å². The van der Waals surface area contributed by atoms with Crippen LogP contribution in [0.5, 0.6) is 0 Å². The zero-order valence-corrected chi connectivity index (χ0v) is 18.0. The fourth-order valence-electron chi connectivity index (χ4n) is 3.11. The van der Waals surface area contributed by atoms with Crippen LogP contribution in [0.25, 0.3) is 0 Å². The van der Waals surface area contributed by atoms with Crippen LogP contribution in [-0.2, 0) is 9.47 Å². The summed E-state index contributed by atoms with van der Waals surface area (Å²) >= 11 is 0. The molecule has 0 radical (unpaired) electrons. The number of hydrogen-bond donors (Lipinski definition) is 3. The summed E-state index contributed by atoms with van der Waals surface area (Å²) in [5, 5.41) is 17.2. The molecule has 3 N–H and O–H groups in total. The monoisotopic (exact) mass is 470 g/mol. The van der Waals surface area contributed by atoms with Crippen LogP contribution >= 0.6 is 24.0 Å². The minimum Gasteiger partial charge on any atom is -0.387 e. The SMILES string of the molecule is CCNC(=NCC(C)(O)CN1CCOCC1)NCCC1CCCO1.I. The van der Waals surface area contributed by atoms with E-state index >= 15 is 0 Å². The number of aliphatic hydroxyl groups is 1. The van der Waals surface area contributed by atoms with Crippen LogP contribution in [0, 0.1) is 0 Å². The standard InChI is InChI=1S/C17H34N4O3.HI/c1-3-18-16(19-7-6-15-5-4-10-24-15)20-13-17(2,22)14-21-8-11-23-12-9-21;/h15,22H,3-14H2,1-2H3,(H2,18,19,20);1H. The molecule has 2 rings (SSSR count). The molecule has 0 spiro atoms. The smallest absolute Gasteiger partial charge is 0.191 e. The Balaban J connectivity index is 0.00000312. The number of aliphatic imine (C=N–C) groups is 1. The van der Waals surface area contributed by atoms with Crippen molar-refractivity contribution in [2.75, 3.05) is 59.1 Å². The third kappa shape index (κ3) is 9.37. The highest BCUT2D eigenvalue weighted by molar-refractivity contribution is 14.0. The summed E-state index contributed by atoms with van der Waals surface area (Å²) < 4.78 is 11.0. The van der Waals surface area contributed by atoms with Gasteiger partial charge in [-0.1, -0.05) is 0 Å². The topological polar surface area (TPSA) is 78.4 Å². The van der Waals surface area contributed by atoms with Gasteiger partial charge in [-0.25, -0.2) is 0 Å². The van der Waals surface area contributed by atoms with Crippen LogP contribution in [0.3, 0.4) is 0 Å². The summed E-state index contributed by atoms with van der Waals surface area (Å²) in [5.74, 6) is 0.762. The fraction of sp³-hybridized carbons (Fsp3) is 0.941. The molecule has 2 saturated heterocycles. The van der Waals surface area contributed by atoms with Gasteiger partial charge in [-0.2, -0.15) is 0 Å². The Morgan fingerprint density at radius 1 is 1.28 bits per heavy atom. The number of rotatable bonds is 8. The van der Waals surface area contributed by atoms with E-state index in [9.17, 15) is 5.11 Å². The Hall–Kier alpha value is -0.160. The first kappa shape index (κ1) is 22.9. The van der Waals surface area contributed by atoms with Crippen LogP contribution in [0.4, 0.5) is 0 Å². The molecule has 0 amide bonds. The van der Waals surface area contributed by atoms with Gasteiger partial charge in [0.15, 0.2) is 5.96 Å². The molecule has 0 aliphatic carbocycles. The minimum atomic E-state index is -0.839. The first-order valence-electron chi connectivity index (χ1n) is 9.25. The Kier molecular flexibility index (Phi) is 11.2. The molecule has 0 aromatic rings. The average molecular weight is 470 g/mol. The zero-order valence-electron chi connectivity index (χ0n) is 15.6. The summed E-state index contributed by atoms with van der Waals surface area (Å²) in [5.41, 5.74) is -0.839. The predicted octanol–water partition coefficient (Wildman–Crippen LogP) is 0.812.